The number of carboxylic acids is 1. The Kier molecular flexibility index (Phi) is 10.2. The quantitative estimate of drug-likeness (QED) is 0.279. The second-order valence-electron chi connectivity index (χ2n) is 8.46. The van der Waals surface area contributed by atoms with Crippen molar-refractivity contribution >= 4 is 23.8 Å². The summed E-state index contributed by atoms with van der Waals surface area (Å²) in [6.45, 7) is 3.39. The van der Waals surface area contributed by atoms with Gasteiger partial charge >= 0.3 is 11.9 Å². The molecule has 2 aromatic rings. The molecule has 2 aromatic carbocycles. The molecule has 0 saturated heterocycles. The van der Waals surface area contributed by atoms with E-state index in [4.69, 9.17) is 15.6 Å². The summed E-state index contributed by atoms with van der Waals surface area (Å²) in [6.07, 6.45) is -0.509. The Morgan fingerprint density at radius 2 is 1.54 bits per heavy atom. The third kappa shape index (κ3) is 9.09. The van der Waals surface area contributed by atoms with Gasteiger partial charge in [-0.2, -0.15) is 0 Å². The van der Waals surface area contributed by atoms with Gasteiger partial charge in [-0.1, -0.05) is 56.3 Å². The molecule has 0 aromatic heterocycles. The Morgan fingerprint density at radius 1 is 0.914 bits per heavy atom. The van der Waals surface area contributed by atoms with Crippen molar-refractivity contribution in [3.05, 3.63) is 65.7 Å². The second kappa shape index (κ2) is 13.1. The van der Waals surface area contributed by atoms with Gasteiger partial charge in [-0.15, -0.1) is 0 Å². The first-order valence-electron chi connectivity index (χ1n) is 11.1. The first-order valence-corrected chi connectivity index (χ1v) is 11.1. The lowest BCUT2D eigenvalue weighted by Crippen LogP contribution is -2.57. The third-order valence-corrected chi connectivity index (χ3v) is 5.18. The third-order valence-electron chi connectivity index (χ3n) is 5.18. The predicted molar refractivity (Wildman–Crippen MR) is 127 cm³/mol. The van der Waals surface area contributed by atoms with Crippen LogP contribution in [0.5, 0.6) is 5.75 Å². The summed E-state index contributed by atoms with van der Waals surface area (Å²) in [5.74, 6) is -3.67. The van der Waals surface area contributed by atoms with E-state index in [9.17, 15) is 24.3 Å². The highest BCUT2D eigenvalue weighted by Crippen LogP contribution is 2.13. The maximum absolute atomic E-state index is 13.1. The van der Waals surface area contributed by atoms with Gasteiger partial charge in [0, 0.05) is 6.42 Å². The SMILES string of the molecule is CC(C)[C@H](NC(=O)[C@@H](N)CC(=O)O)C(=O)N[C@@H](Cc1ccc(O)cc1)C(=O)OCc1ccccc1. The smallest absolute Gasteiger partial charge is 0.329 e. The van der Waals surface area contributed by atoms with Crippen molar-refractivity contribution in [1.82, 2.24) is 10.6 Å². The number of phenolic OH excluding ortho intramolecular Hbond substituents is 1. The van der Waals surface area contributed by atoms with Crippen LogP contribution in [0.2, 0.25) is 0 Å². The van der Waals surface area contributed by atoms with E-state index in [0.717, 1.165) is 5.56 Å². The number of hydrogen-bond donors (Lipinski definition) is 5. The molecule has 0 spiro atoms. The fraction of sp³-hybridized carbons (Fsp3) is 0.360. The summed E-state index contributed by atoms with van der Waals surface area (Å²) in [6, 6.07) is 11.7. The van der Waals surface area contributed by atoms with Crippen LogP contribution in [0, 0.1) is 5.92 Å². The van der Waals surface area contributed by atoms with Crippen LogP contribution in [0.3, 0.4) is 0 Å². The summed E-state index contributed by atoms with van der Waals surface area (Å²) < 4.78 is 5.41. The number of nitrogens with one attached hydrogen (secondary N) is 2. The number of carboxylic acid groups (broad SMARTS) is 1. The second-order valence-corrected chi connectivity index (χ2v) is 8.46. The monoisotopic (exact) mass is 485 g/mol. The highest BCUT2D eigenvalue weighted by Gasteiger charge is 2.31. The van der Waals surface area contributed by atoms with Crippen LogP contribution in [0.1, 0.15) is 31.4 Å². The highest BCUT2D eigenvalue weighted by molar-refractivity contribution is 5.93. The summed E-state index contributed by atoms with van der Waals surface area (Å²) in [5.41, 5.74) is 7.04. The number of carbonyl (C=O) groups is 4. The van der Waals surface area contributed by atoms with Crippen molar-refractivity contribution in [3.8, 4) is 5.75 Å². The van der Waals surface area contributed by atoms with Gasteiger partial charge < -0.3 is 31.3 Å². The lowest BCUT2D eigenvalue weighted by Gasteiger charge is -2.26. The predicted octanol–water partition coefficient (Wildman–Crippen LogP) is 1.11. The molecule has 0 aliphatic heterocycles. The summed E-state index contributed by atoms with van der Waals surface area (Å²) in [4.78, 5) is 49.1. The van der Waals surface area contributed by atoms with Gasteiger partial charge in [0.15, 0.2) is 0 Å². The van der Waals surface area contributed by atoms with Crippen molar-refractivity contribution in [1.29, 1.82) is 0 Å². The number of amides is 2. The fourth-order valence-electron chi connectivity index (χ4n) is 3.23. The maximum Gasteiger partial charge on any atom is 0.329 e. The summed E-state index contributed by atoms with van der Waals surface area (Å²) in [7, 11) is 0. The lowest BCUT2D eigenvalue weighted by molar-refractivity contribution is -0.149. The minimum atomic E-state index is -1.33. The molecule has 0 unspecified atom stereocenters. The zero-order chi connectivity index (χ0) is 26.0. The first-order chi connectivity index (χ1) is 16.6. The number of benzene rings is 2. The van der Waals surface area contributed by atoms with Gasteiger partial charge in [0.05, 0.1) is 12.5 Å². The van der Waals surface area contributed by atoms with Crippen LogP contribution < -0.4 is 16.4 Å². The molecule has 6 N–H and O–H groups in total. The van der Waals surface area contributed by atoms with Crippen LogP contribution in [0.15, 0.2) is 54.6 Å². The van der Waals surface area contributed by atoms with Gasteiger partial charge in [-0.05, 0) is 29.2 Å². The first kappa shape index (κ1) is 27.3. The molecular weight excluding hydrogens is 454 g/mol. The number of rotatable bonds is 12. The van der Waals surface area contributed by atoms with E-state index in [1.54, 1.807) is 38.1 Å². The molecule has 188 valence electrons. The largest absolute Gasteiger partial charge is 0.508 e. The van der Waals surface area contributed by atoms with Gasteiger partial charge in [-0.25, -0.2) is 4.79 Å². The van der Waals surface area contributed by atoms with Gasteiger partial charge in [0.1, 0.15) is 24.4 Å². The Labute approximate surface area is 203 Å². The molecule has 2 rings (SSSR count). The maximum atomic E-state index is 13.1. The van der Waals surface area contributed by atoms with Crippen molar-refractivity contribution in [2.45, 2.75) is 51.4 Å². The van der Waals surface area contributed by atoms with Crippen molar-refractivity contribution in [2.24, 2.45) is 11.7 Å². The van der Waals surface area contributed by atoms with E-state index in [2.05, 4.69) is 10.6 Å². The number of phenols is 1. The van der Waals surface area contributed by atoms with Crippen molar-refractivity contribution in [2.75, 3.05) is 0 Å². The molecule has 10 nitrogen and oxygen atoms in total. The Balaban J connectivity index is 2.15. The van der Waals surface area contributed by atoms with Crippen molar-refractivity contribution in [3.63, 3.8) is 0 Å². The fourth-order valence-corrected chi connectivity index (χ4v) is 3.23. The van der Waals surface area contributed by atoms with E-state index in [1.165, 1.54) is 12.1 Å². The molecule has 0 fully saturated rings. The molecule has 10 heteroatoms. The van der Waals surface area contributed by atoms with E-state index in [-0.39, 0.29) is 24.7 Å². The van der Waals surface area contributed by atoms with Gasteiger partial charge in [-0.3, -0.25) is 14.4 Å². The van der Waals surface area contributed by atoms with Gasteiger partial charge in [0.25, 0.3) is 0 Å². The summed E-state index contributed by atoms with van der Waals surface area (Å²) >= 11 is 0. The van der Waals surface area contributed by atoms with Crippen LogP contribution >= 0.6 is 0 Å². The molecule has 0 radical (unpaired) electrons. The molecule has 0 saturated carbocycles. The van der Waals surface area contributed by atoms with E-state index in [1.807, 2.05) is 18.2 Å². The van der Waals surface area contributed by atoms with E-state index in [0.29, 0.717) is 5.56 Å². The van der Waals surface area contributed by atoms with E-state index < -0.39 is 48.3 Å². The number of hydrogen-bond acceptors (Lipinski definition) is 7. The standard InChI is InChI=1S/C25H31N3O7/c1-15(2)22(28-23(32)19(26)13-21(30)31)24(33)27-20(12-16-8-10-18(29)11-9-16)25(34)35-14-17-6-4-3-5-7-17/h3-11,15,19-20,22,29H,12-14,26H2,1-2H3,(H,27,33)(H,28,32)(H,30,31)/t19-,20-,22-/m0/s1. The molecule has 3 atom stereocenters. The zero-order valence-corrected chi connectivity index (χ0v) is 19.6. The van der Waals surface area contributed by atoms with Crippen LogP contribution in [0.25, 0.3) is 0 Å². The van der Waals surface area contributed by atoms with Gasteiger partial charge in [0.2, 0.25) is 11.8 Å². The molecule has 0 heterocycles. The normalized spacial score (nSPS) is 13.4. The number of nitrogens with two attached hydrogens (primary N) is 1. The number of ether oxygens (including phenoxy) is 1. The molecule has 35 heavy (non-hydrogen) atoms. The molecule has 2 amide bonds. The van der Waals surface area contributed by atoms with Crippen LogP contribution in [-0.4, -0.2) is 52.1 Å². The average molecular weight is 486 g/mol. The number of aliphatic carboxylic acids is 1. The zero-order valence-electron chi connectivity index (χ0n) is 19.6. The van der Waals surface area contributed by atoms with E-state index >= 15 is 0 Å². The Bertz CT molecular complexity index is 1010. The molecule has 0 bridgehead atoms. The number of aromatic hydroxyl groups is 1. The Morgan fingerprint density at radius 3 is 2.11 bits per heavy atom. The molecule has 0 aliphatic rings. The number of esters is 1. The molecule has 0 aliphatic carbocycles. The highest BCUT2D eigenvalue weighted by atomic mass is 16.5. The summed E-state index contributed by atoms with van der Waals surface area (Å²) in [5, 5.41) is 23.5. The topological polar surface area (TPSA) is 168 Å². The Hall–Kier alpha value is -3.92. The average Bonchev–Trinajstić information content (AvgIpc) is 2.81. The van der Waals surface area contributed by atoms with Crippen LogP contribution in [-0.2, 0) is 36.9 Å². The molecular formula is C25H31N3O7. The number of carbonyl (C=O) groups excluding carboxylic acids is 3. The van der Waals surface area contributed by atoms with Crippen molar-refractivity contribution < 1.29 is 34.1 Å². The lowest BCUT2D eigenvalue weighted by atomic mass is 10.0. The minimum absolute atomic E-state index is 0.00993. The van der Waals surface area contributed by atoms with Crippen LogP contribution in [0.4, 0.5) is 0 Å². The minimum Gasteiger partial charge on any atom is -0.508 e.